The van der Waals surface area contributed by atoms with Crippen LogP contribution in [0.5, 0.6) is 5.75 Å². The van der Waals surface area contributed by atoms with E-state index in [2.05, 4.69) is 4.84 Å². The molecule has 0 aliphatic rings. The normalized spacial score (nSPS) is 12.6. The summed E-state index contributed by atoms with van der Waals surface area (Å²) in [5.41, 5.74) is 0.934. The van der Waals surface area contributed by atoms with Crippen molar-refractivity contribution in [2.45, 2.75) is 13.0 Å². The van der Waals surface area contributed by atoms with E-state index in [4.69, 9.17) is 22.2 Å². The van der Waals surface area contributed by atoms with Gasteiger partial charge in [0.1, 0.15) is 11.9 Å². The number of nitrogens with two attached hydrogens (primary N) is 1. The molecule has 1 rings (SSSR count). The van der Waals surface area contributed by atoms with Gasteiger partial charge in [-0.2, -0.15) is 0 Å². The summed E-state index contributed by atoms with van der Waals surface area (Å²) in [5.74, 6) is 5.69. The third kappa shape index (κ3) is 2.34. The lowest BCUT2D eigenvalue weighted by atomic mass is 10.1. The van der Waals surface area contributed by atoms with Crippen molar-refractivity contribution in [1.82, 2.24) is 0 Å². The largest absolute Gasteiger partial charge is 0.495 e. The lowest BCUT2D eigenvalue weighted by Crippen LogP contribution is -2.05. The molecule has 0 heterocycles. The molecule has 1 atom stereocenters. The van der Waals surface area contributed by atoms with Gasteiger partial charge in [-0.15, -0.1) is 0 Å². The van der Waals surface area contributed by atoms with E-state index in [-0.39, 0.29) is 6.10 Å². The molecule has 2 N–H and O–H groups in total. The summed E-state index contributed by atoms with van der Waals surface area (Å²) in [4.78, 5) is 4.68. The molecule has 0 saturated carbocycles. The molecule has 4 heteroatoms. The molecule has 72 valence electrons. The zero-order valence-electron chi connectivity index (χ0n) is 7.58. The molecule has 0 fully saturated rings. The Kier molecular flexibility index (Phi) is 3.54. The Morgan fingerprint density at radius 1 is 1.46 bits per heavy atom. The average molecular weight is 202 g/mol. The number of ether oxygens (including phenoxy) is 1. The van der Waals surface area contributed by atoms with Gasteiger partial charge in [0, 0.05) is 0 Å². The van der Waals surface area contributed by atoms with Crippen LogP contribution in [0, 0.1) is 0 Å². The van der Waals surface area contributed by atoms with Gasteiger partial charge in [0.2, 0.25) is 0 Å². The second kappa shape index (κ2) is 4.46. The minimum atomic E-state index is -0.161. The maximum Gasteiger partial charge on any atom is 0.137 e. The molecule has 13 heavy (non-hydrogen) atoms. The van der Waals surface area contributed by atoms with E-state index in [0.717, 1.165) is 5.56 Å². The predicted octanol–water partition coefficient (Wildman–Crippen LogP) is 2.30. The number of hydrogen-bond acceptors (Lipinski definition) is 3. The predicted molar refractivity (Wildman–Crippen MR) is 51.7 cm³/mol. The zero-order chi connectivity index (χ0) is 9.84. The maximum absolute atomic E-state index is 5.85. The van der Waals surface area contributed by atoms with Crippen LogP contribution in [0.25, 0.3) is 0 Å². The van der Waals surface area contributed by atoms with Crippen LogP contribution >= 0.6 is 11.6 Å². The standard InChI is InChI=1S/C9H12ClNO2/c1-6(13-11)7-3-4-8(10)9(5-7)12-2/h3-6H,11H2,1-2H3. The van der Waals surface area contributed by atoms with Gasteiger partial charge < -0.3 is 4.74 Å². The van der Waals surface area contributed by atoms with E-state index >= 15 is 0 Å². The van der Waals surface area contributed by atoms with Gasteiger partial charge in [-0.3, -0.25) is 4.84 Å². The Labute approximate surface area is 82.4 Å². The van der Waals surface area contributed by atoms with Gasteiger partial charge in [0.05, 0.1) is 12.1 Å². The first kappa shape index (κ1) is 10.3. The third-order valence-corrected chi connectivity index (χ3v) is 2.16. The van der Waals surface area contributed by atoms with Gasteiger partial charge in [-0.1, -0.05) is 17.7 Å². The fourth-order valence-corrected chi connectivity index (χ4v) is 1.20. The number of rotatable bonds is 3. The molecule has 0 amide bonds. The van der Waals surface area contributed by atoms with Crippen molar-refractivity contribution >= 4 is 11.6 Å². The second-order valence-corrected chi connectivity index (χ2v) is 3.08. The number of halogens is 1. The number of hydrogen-bond donors (Lipinski definition) is 1. The smallest absolute Gasteiger partial charge is 0.137 e. The molecule has 0 spiro atoms. The topological polar surface area (TPSA) is 44.5 Å². The fourth-order valence-electron chi connectivity index (χ4n) is 1.01. The van der Waals surface area contributed by atoms with Gasteiger partial charge in [-0.25, -0.2) is 5.90 Å². The summed E-state index contributed by atoms with van der Waals surface area (Å²) in [6, 6.07) is 5.41. The van der Waals surface area contributed by atoms with E-state index in [1.807, 2.05) is 13.0 Å². The highest BCUT2D eigenvalue weighted by atomic mass is 35.5. The summed E-state index contributed by atoms with van der Waals surface area (Å²) in [6.07, 6.45) is -0.161. The lowest BCUT2D eigenvalue weighted by molar-refractivity contribution is 0.0662. The van der Waals surface area contributed by atoms with E-state index in [9.17, 15) is 0 Å². The maximum atomic E-state index is 5.85. The van der Waals surface area contributed by atoms with E-state index in [1.54, 1.807) is 19.2 Å². The number of benzene rings is 1. The van der Waals surface area contributed by atoms with Gasteiger partial charge >= 0.3 is 0 Å². The Hall–Kier alpha value is -0.770. The Morgan fingerprint density at radius 3 is 2.69 bits per heavy atom. The van der Waals surface area contributed by atoms with Gasteiger partial charge in [0.15, 0.2) is 0 Å². The molecule has 3 nitrogen and oxygen atoms in total. The second-order valence-electron chi connectivity index (χ2n) is 2.67. The SMILES string of the molecule is COc1cc(C(C)ON)ccc1Cl. The first-order valence-corrected chi connectivity index (χ1v) is 4.25. The highest BCUT2D eigenvalue weighted by Gasteiger charge is 2.07. The number of methoxy groups -OCH3 is 1. The van der Waals surface area contributed by atoms with Crippen molar-refractivity contribution in [2.75, 3.05) is 7.11 Å². The summed E-state index contributed by atoms with van der Waals surface area (Å²) >= 11 is 5.85. The minimum Gasteiger partial charge on any atom is -0.495 e. The van der Waals surface area contributed by atoms with Crippen molar-refractivity contribution in [3.8, 4) is 5.75 Å². The molecule has 0 aliphatic heterocycles. The molecule has 0 saturated heterocycles. The van der Waals surface area contributed by atoms with Crippen LogP contribution in [-0.4, -0.2) is 7.11 Å². The van der Waals surface area contributed by atoms with Crippen LogP contribution in [-0.2, 0) is 4.84 Å². The van der Waals surface area contributed by atoms with E-state index in [0.29, 0.717) is 10.8 Å². The van der Waals surface area contributed by atoms with Crippen LogP contribution < -0.4 is 10.6 Å². The summed E-state index contributed by atoms with van der Waals surface area (Å²) in [7, 11) is 1.57. The molecular formula is C9H12ClNO2. The van der Waals surface area contributed by atoms with Crippen LogP contribution in [0.4, 0.5) is 0 Å². The summed E-state index contributed by atoms with van der Waals surface area (Å²) in [5, 5.41) is 0.579. The van der Waals surface area contributed by atoms with Crippen molar-refractivity contribution in [3.63, 3.8) is 0 Å². The van der Waals surface area contributed by atoms with Gasteiger partial charge in [0.25, 0.3) is 0 Å². The van der Waals surface area contributed by atoms with E-state index in [1.165, 1.54) is 0 Å². The average Bonchev–Trinajstić information content (AvgIpc) is 2.17. The highest BCUT2D eigenvalue weighted by Crippen LogP contribution is 2.28. The Morgan fingerprint density at radius 2 is 2.15 bits per heavy atom. The first-order valence-electron chi connectivity index (χ1n) is 3.88. The van der Waals surface area contributed by atoms with Crippen molar-refractivity contribution in [2.24, 2.45) is 5.90 Å². The van der Waals surface area contributed by atoms with E-state index < -0.39 is 0 Å². The lowest BCUT2D eigenvalue weighted by Gasteiger charge is -2.10. The Bertz CT molecular complexity index is 291. The summed E-state index contributed by atoms with van der Waals surface area (Å²) in [6.45, 7) is 1.85. The van der Waals surface area contributed by atoms with Crippen LogP contribution in [0.15, 0.2) is 18.2 Å². The molecule has 1 aromatic carbocycles. The molecule has 0 aliphatic carbocycles. The van der Waals surface area contributed by atoms with Crippen molar-refractivity contribution in [3.05, 3.63) is 28.8 Å². The van der Waals surface area contributed by atoms with Crippen LogP contribution in [0.2, 0.25) is 5.02 Å². The molecule has 0 radical (unpaired) electrons. The van der Waals surface area contributed by atoms with Crippen molar-refractivity contribution < 1.29 is 9.57 Å². The highest BCUT2D eigenvalue weighted by molar-refractivity contribution is 6.32. The Balaban J connectivity index is 2.99. The molecule has 1 aromatic rings. The fraction of sp³-hybridized carbons (Fsp3) is 0.333. The minimum absolute atomic E-state index is 0.161. The van der Waals surface area contributed by atoms with Crippen molar-refractivity contribution in [1.29, 1.82) is 0 Å². The van der Waals surface area contributed by atoms with Gasteiger partial charge in [-0.05, 0) is 24.6 Å². The first-order chi connectivity index (χ1) is 6.19. The van der Waals surface area contributed by atoms with Crippen LogP contribution in [0.3, 0.4) is 0 Å². The molecule has 0 bridgehead atoms. The monoisotopic (exact) mass is 201 g/mol. The quantitative estimate of drug-likeness (QED) is 0.764. The zero-order valence-corrected chi connectivity index (χ0v) is 8.34. The molecule has 1 unspecified atom stereocenters. The third-order valence-electron chi connectivity index (χ3n) is 1.85. The molecular weight excluding hydrogens is 190 g/mol. The summed E-state index contributed by atoms with van der Waals surface area (Å²) < 4.78 is 5.05. The van der Waals surface area contributed by atoms with Crippen LogP contribution in [0.1, 0.15) is 18.6 Å². The molecule has 0 aromatic heterocycles.